The van der Waals surface area contributed by atoms with E-state index in [9.17, 15) is 0 Å². The van der Waals surface area contributed by atoms with Crippen LogP contribution in [0, 0.1) is 5.92 Å². The first kappa shape index (κ1) is 21.8. The standard InChI is InChI=1S/C17H25BrN2O2.2ClH/c1-21-16-11-14(18)17(22-2)10-13(16)15(9-12-3-4-12)20-7-5-19-6-8-20;;/h10-12,15,19H,3-9H2,1-2H3;2*1H/t15-;;/m0../s1. The van der Waals surface area contributed by atoms with Crippen molar-refractivity contribution in [3.05, 3.63) is 22.2 Å². The van der Waals surface area contributed by atoms with Crippen LogP contribution in [0.5, 0.6) is 11.5 Å². The van der Waals surface area contributed by atoms with Crippen LogP contribution in [-0.4, -0.2) is 45.3 Å². The molecule has 1 N–H and O–H groups in total. The quantitative estimate of drug-likeness (QED) is 0.721. The van der Waals surface area contributed by atoms with E-state index in [0.29, 0.717) is 6.04 Å². The molecule has 1 aliphatic heterocycles. The molecule has 24 heavy (non-hydrogen) atoms. The Hall–Kier alpha value is -0.200. The third-order valence-electron chi connectivity index (χ3n) is 4.71. The lowest BCUT2D eigenvalue weighted by Crippen LogP contribution is -2.45. The first-order chi connectivity index (χ1) is 10.7. The highest BCUT2D eigenvalue weighted by molar-refractivity contribution is 9.10. The fourth-order valence-corrected chi connectivity index (χ4v) is 3.76. The van der Waals surface area contributed by atoms with Crippen LogP contribution in [0.4, 0.5) is 0 Å². The van der Waals surface area contributed by atoms with Gasteiger partial charge in [0.1, 0.15) is 11.5 Å². The summed E-state index contributed by atoms with van der Waals surface area (Å²) >= 11 is 3.56. The van der Waals surface area contributed by atoms with Crippen LogP contribution in [0.3, 0.4) is 0 Å². The maximum atomic E-state index is 5.67. The molecule has 2 aliphatic rings. The highest BCUT2D eigenvalue weighted by atomic mass is 79.9. The number of ether oxygens (including phenoxy) is 2. The van der Waals surface area contributed by atoms with Crippen molar-refractivity contribution >= 4 is 40.7 Å². The number of piperazine rings is 1. The number of nitrogens with one attached hydrogen (secondary N) is 1. The molecular weight excluding hydrogens is 415 g/mol. The third-order valence-corrected chi connectivity index (χ3v) is 5.33. The SMILES string of the molecule is COc1cc([C@H](CC2CC2)N2CCNCC2)c(OC)cc1Br.Cl.Cl. The minimum absolute atomic E-state index is 0. The number of hydrogen-bond donors (Lipinski definition) is 1. The Balaban J connectivity index is 0.00000144. The molecule has 0 unspecified atom stereocenters. The Morgan fingerprint density at radius 1 is 1.12 bits per heavy atom. The van der Waals surface area contributed by atoms with E-state index in [2.05, 4.69) is 32.2 Å². The molecule has 138 valence electrons. The molecule has 1 saturated heterocycles. The average molecular weight is 442 g/mol. The van der Waals surface area contributed by atoms with Gasteiger partial charge in [-0.1, -0.05) is 12.8 Å². The predicted molar refractivity (Wildman–Crippen MR) is 106 cm³/mol. The number of hydrogen-bond acceptors (Lipinski definition) is 4. The summed E-state index contributed by atoms with van der Waals surface area (Å²) in [7, 11) is 3.47. The molecule has 7 heteroatoms. The number of benzene rings is 1. The Morgan fingerprint density at radius 2 is 1.75 bits per heavy atom. The summed E-state index contributed by atoms with van der Waals surface area (Å²) in [5.41, 5.74) is 1.26. The van der Waals surface area contributed by atoms with E-state index in [4.69, 9.17) is 9.47 Å². The molecule has 3 rings (SSSR count). The lowest BCUT2D eigenvalue weighted by Gasteiger charge is -2.36. The van der Waals surface area contributed by atoms with Crippen LogP contribution in [0.25, 0.3) is 0 Å². The second kappa shape index (κ2) is 10.1. The van der Waals surface area contributed by atoms with Crippen LogP contribution in [0.15, 0.2) is 16.6 Å². The minimum Gasteiger partial charge on any atom is -0.496 e. The molecule has 1 saturated carbocycles. The summed E-state index contributed by atoms with van der Waals surface area (Å²) in [6, 6.07) is 4.61. The van der Waals surface area contributed by atoms with Crippen LogP contribution in [0.2, 0.25) is 0 Å². The topological polar surface area (TPSA) is 33.7 Å². The number of nitrogens with zero attached hydrogens (tertiary/aromatic N) is 1. The normalized spacial score (nSPS) is 19.0. The van der Waals surface area contributed by atoms with Crippen molar-refractivity contribution in [3.63, 3.8) is 0 Å². The molecule has 4 nitrogen and oxygen atoms in total. The summed E-state index contributed by atoms with van der Waals surface area (Å²) in [6.45, 7) is 4.33. The maximum Gasteiger partial charge on any atom is 0.133 e. The highest BCUT2D eigenvalue weighted by Crippen LogP contribution is 2.44. The van der Waals surface area contributed by atoms with E-state index in [-0.39, 0.29) is 24.8 Å². The maximum absolute atomic E-state index is 5.67. The number of halogens is 3. The molecule has 1 aromatic carbocycles. The van der Waals surface area contributed by atoms with Gasteiger partial charge in [-0.3, -0.25) is 4.90 Å². The zero-order valence-electron chi connectivity index (χ0n) is 14.2. The summed E-state index contributed by atoms with van der Waals surface area (Å²) in [5.74, 6) is 2.71. The van der Waals surface area contributed by atoms with E-state index >= 15 is 0 Å². The van der Waals surface area contributed by atoms with Gasteiger partial charge in [-0.15, -0.1) is 24.8 Å². The molecule has 0 aromatic heterocycles. The molecule has 1 atom stereocenters. The van der Waals surface area contributed by atoms with Gasteiger partial charge in [-0.05, 0) is 40.4 Å². The zero-order valence-corrected chi connectivity index (χ0v) is 17.4. The molecule has 0 radical (unpaired) electrons. The van der Waals surface area contributed by atoms with Crippen molar-refractivity contribution in [1.82, 2.24) is 10.2 Å². The molecule has 1 heterocycles. The van der Waals surface area contributed by atoms with E-state index in [1.165, 1.54) is 24.8 Å². The first-order valence-electron chi connectivity index (χ1n) is 8.09. The van der Waals surface area contributed by atoms with Crippen molar-refractivity contribution in [2.45, 2.75) is 25.3 Å². The lowest BCUT2D eigenvalue weighted by molar-refractivity contribution is 0.157. The van der Waals surface area contributed by atoms with Gasteiger partial charge in [0.15, 0.2) is 0 Å². The van der Waals surface area contributed by atoms with Gasteiger partial charge in [-0.25, -0.2) is 0 Å². The van der Waals surface area contributed by atoms with Crippen molar-refractivity contribution in [2.24, 2.45) is 5.92 Å². The molecule has 1 aromatic rings. The Kier molecular flexibility index (Phi) is 9.17. The summed E-state index contributed by atoms with van der Waals surface area (Å²) in [6.07, 6.45) is 3.97. The van der Waals surface area contributed by atoms with Gasteiger partial charge >= 0.3 is 0 Å². The fraction of sp³-hybridized carbons (Fsp3) is 0.647. The van der Waals surface area contributed by atoms with Crippen molar-refractivity contribution in [1.29, 1.82) is 0 Å². The largest absolute Gasteiger partial charge is 0.496 e. The van der Waals surface area contributed by atoms with Gasteiger partial charge in [0.2, 0.25) is 0 Å². The minimum atomic E-state index is 0. The Morgan fingerprint density at radius 3 is 2.29 bits per heavy atom. The Labute approximate surface area is 165 Å². The fourth-order valence-electron chi connectivity index (χ4n) is 3.28. The van der Waals surface area contributed by atoms with Crippen LogP contribution < -0.4 is 14.8 Å². The number of methoxy groups -OCH3 is 2. The van der Waals surface area contributed by atoms with Crippen LogP contribution in [-0.2, 0) is 0 Å². The van der Waals surface area contributed by atoms with Crippen molar-refractivity contribution < 1.29 is 9.47 Å². The average Bonchev–Trinajstić information content (AvgIpc) is 3.37. The molecule has 0 amide bonds. The summed E-state index contributed by atoms with van der Waals surface area (Å²) < 4.78 is 12.1. The molecule has 2 fully saturated rings. The van der Waals surface area contributed by atoms with Crippen molar-refractivity contribution in [2.75, 3.05) is 40.4 Å². The first-order valence-corrected chi connectivity index (χ1v) is 8.88. The zero-order chi connectivity index (χ0) is 15.5. The van der Waals surface area contributed by atoms with Gasteiger partial charge in [-0.2, -0.15) is 0 Å². The second-order valence-electron chi connectivity index (χ2n) is 6.21. The molecule has 1 aliphatic carbocycles. The number of rotatable bonds is 6. The lowest BCUT2D eigenvalue weighted by atomic mass is 9.97. The monoisotopic (exact) mass is 440 g/mol. The van der Waals surface area contributed by atoms with Gasteiger partial charge in [0.05, 0.1) is 18.7 Å². The molecular formula is C17H27BrCl2N2O2. The van der Waals surface area contributed by atoms with Gasteiger partial charge in [0.25, 0.3) is 0 Å². The van der Waals surface area contributed by atoms with Gasteiger partial charge in [0, 0.05) is 37.8 Å². The Bertz CT molecular complexity index is 524. The van der Waals surface area contributed by atoms with E-state index in [1.807, 2.05) is 6.07 Å². The van der Waals surface area contributed by atoms with E-state index in [0.717, 1.165) is 48.1 Å². The second-order valence-corrected chi connectivity index (χ2v) is 7.06. The predicted octanol–water partition coefficient (Wildman–Crippen LogP) is 4.06. The summed E-state index contributed by atoms with van der Waals surface area (Å²) in [5, 5.41) is 3.45. The van der Waals surface area contributed by atoms with E-state index < -0.39 is 0 Å². The van der Waals surface area contributed by atoms with Crippen molar-refractivity contribution in [3.8, 4) is 11.5 Å². The highest BCUT2D eigenvalue weighted by Gasteiger charge is 2.32. The van der Waals surface area contributed by atoms with Gasteiger partial charge < -0.3 is 14.8 Å². The third kappa shape index (κ3) is 5.15. The van der Waals surface area contributed by atoms with E-state index in [1.54, 1.807) is 14.2 Å². The van der Waals surface area contributed by atoms with Crippen LogP contribution >= 0.6 is 40.7 Å². The summed E-state index contributed by atoms with van der Waals surface area (Å²) in [4.78, 5) is 2.60. The smallest absolute Gasteiger partial charge is 0.133 e. The molecule has 0 spiro atoms. The van der Waals surface area contributed by atoms with Crippen LogP contribution in [0.1, 0.15) is 30.9 Å². The molecule has 0 bridgehead atoms.